The quantitative estimate of drug-likeness (QED) is 0.771. The van der Waals surface area contributed by atoms with Gasteiger partial charge in [0, 0.05) is 26.8 Å². The van der Waals surface area contributed by atoms with Crippen LogP contribution in [0.3, 0.4) is 0 Å². The third kappa shape index (κ3) is 3.71. The van der Waals surface area contributed by atoms with Gasteiger partial charge in [-0.3, -0.25) is 4.79 Å². The minimum atomic E-state index is -0.0204. The van der Waals surface area contributed by atoms with E-state index in [9.17, 15) is 4.79 Å². The Bertz CT molecular complexity index is 392. The summed E-state index contributed by atoms with van der Waals surface area (Å²) < 4.78 is 0. The molecule has 0 fully saturated rings. The van der Waals surface area contributed by atoms with Gasteiger partial charge in [0.15, 0.2) is 0 Å². The van der Waals surface area contributed by atoms with E-state index in [-0.39, 0.29) is 5.91 Å². The molecule has 0 saturated heterocycles. The van der Waals surface area contributed by atoms with Crippen molar-refractivity contribution in [3.05, 3.63) is 23.4 Å². The number of amides is 1. The molecule has 94 valence electrons. The van der Waals surface area contributed by atoms with Gasteiger partial charge in [-0.05, 0) is 31.2 Å². The average Bonchev–Trinajstić information content (AvgIpc) is 2.29. The van der Waals surface area contributed by atoms with Crippen LogP contribution in [0.15, 0.2) is 12.3 Å². The molecule has 5 heteroatoms. The van der Waals surface area contributed by atoms with Crippen molar-refractivity contribution in [2.24, 2.45) is 0 Å². The molecule has 5 nitrogen and oxygen atoms in total. The molecule has 0 unspecified atom stereocenters. The second-order valence-corrected chi connectivity index (χ2v) is 4.04. The Morgan fingerprint density at radius 1 is 1.47 bits per heavy atom. The van der Waals surface area contributed by atoms with Gasteiger partial charge in [0.2, 0.25) is 5.91 Å². The molecule has 0 aliphatic heterocycles. The van der Waals surface area contributed by atoms with Crippen LogP contribution in [-0.2, 0) is 11.3 Å². The number of carbonyl (C=O) groups excluding carboxylic acids is 1. The van der Waals surface area contributed by atoms with Gasteiger partial charge >= 0.3 is 0 Å². The van der Waals surface area contributed by atoms with Crippen molar-refractivity contribution in [1.82, 2.24) is 15.6 Å². The summed E-state index contributed by atoms with van der Waals surface area (Å²) in [7, 11) is 5.40. The van der Waals surface area contributed by atoms with Gasteiger partial charge in [0.05, 0.1) is 6.54 Å². The van der Waals surface area contributed by atoms with Gasteiger partial charge in [0.1, 0.15) is 5.82 Å². The van der Waals surface area contributed by atoms with Gasteiger partial charge in [-0.2, -0.15) is 0 Å². The number of likely N-dealkylation sites (N-methyl/N-ethyl adjacent to an activating group) is 2. The summed E-state index contributed by atoms with van der Waals surface area (Å²) >= 11 is 0. The van der Waals surface area contributed by atoms with E-state index in [4.69, 9.17) is 0 Å². The van der Waals surface area contributed by atoms with E-state index in [2.05, 4.69) is 21.7 Å². The summed E-state index contributed by atoms with van der Waals surface area (Å²) in [5.74, 6) is 0.821. The molecule has 0 radical (unpaired) electrons. The van der Waals surface area contributed by atoms with Gasteiger partial charge < -0.3 is 15.5 Å². The smallest absolute Gasteiger partial charge is 0.239 e. The molecule has 0 bridgehead atoms. The van der Waals surface area contributed by atoms with E-state index in [0.29, 0.717) is 6.54 Å². The number of rotatable bonds is 5. The fourth-order valence-electron chi connectivity index (χ4n) is 1.70. The molecule has 1 amide bonds. The molecule has 1 rings (SSSR count). The van der Waals surface area contributed by atoms with Gasteiger partial charge in [-0.15, -0.1) is 0 Å². The number of anilines is 1. The first kappa shape index (κ1) is 13.4. The van der Waals surface area contributed by atoms with Crippen molar-refractivity contribution in [2.45, 2.75) is 13.5 Å². The molecule has 17 heavy (non-hydrogen) atoms. The SMILES string of the molecule is CNCc1cnc(N(C)CC(=O)NC)c(C)c1. The zero-order chi connectivity index (χ0) is 12.8. The van der Waals surface area contributed by atoms with E-state index < -0.39 is 0 Å². The number of nitrogens with zero attached hydrogens (tertiary/aromatic N) is 2. The predicted octanol–water partition coefficient (Wildman–Crippen LogP) is 0.292. The molecule has 1 aromatic heterocycles. The lowest BCUT2D eigenvalue weighted by atomic mass is 10.2. The first-order chi connectivity index (χ1) is 8.08. The molecule has 0 saturated carbocycles. The Morgan fingerprint density at radius 3 is 2.71 bits per heavy atom. The molecule has 0 aromatic carbocycles. The monoisotopic (exact) mass is 236 g/mol. The topological polar surface area (TPSA) is 57.3 Å². The molecule has 1 aromatic rings. The maximum atomic E-state index is 11.3. The van der Waals surface area contributed by atoms with Crippen molar-refractivity contribution in [2.75, 3.05) is 32.6 Å². The second kappa shape index (κ2) is 6.20. The lowest BCUT2D eigenvalue weighted by molar-refractivity contribution is -0.119. The Labute approximate surface area is 102 Å². The standard InChI is InChI=1S/C12H20N4O/c1-9-5-10(6-13-2)7-15-12(9)16(4)8-11(17)14-3/h5,7,13H,6,8H2,1-4H3,(H,14,17). The fourth-order valence-corrected chi connectivity index (χ4v) is 1.70. The highest BCUT2D eigenvalue weighted by molar-refractivity contribution is 5.80. The number of aryl methyl sites for hydroxylation is 1. The molecule has 2 N–H and O–H groups in total. The molecular weight excluding hydrogens is 216 g/mol. The zero-order valence-electron chi connectivity index (χ0n) is 10.9. The first-order valence-electron chi connectivity index (χ1n) is 5.60. The summed E-state index contributed by atoms with van der Waals surface area (Å²) in [6, 6.07) is 2.08. The van der Waals surface area contributed by atoms with Crippen LogP contribution >= 0.6 is 0 Å². The fraction of sp³-hybridized carbons (Fsp3) is 0.500. The highest BCUT2D eigenvalue weighted by Gasteiger charge is 2.10. The van der Waals surface area contributed by atoms with Gasteiger partial charge in [-0.1, -0.05) is 0 Å². The van der Waals surface area contributed by atoms with Crippen LogP contribution in [-0.4, -0.2) is 38.6 Å². The zero-order valence-corrected chi connectivity index (χ0v) is 10.9. The summed E-state index contributed by atoms with van der Waals surface area (Å²) in [5.41, 5.74) is 2.21. The lowest BCUT2D eigenvalue weighted by Gasteiger charge is -2.19. The van der Waals surface area contributed by atoms with E-state index in [1.54, 1.807) is 7.05 Å². The molecule has 0 aliphatic rings. The summed E-state index contributed by atoms with van der Waals surface area (Å²) in [6.45, 7) is 3.12. The Balaban J connectivity index is 2.80. The van der Waals surface area contributed by atoms with E-state index in [0.717, 1.165) is 23.5 Å². The Kier molecular flexibility index (Phi) is 4.90. The van der Waals surface area contributed by atoms with E-state index in [1.165, 1.54) is 0 Å². The Hall–Kier alpha value is -1.62. The minimum Gasteiger partial charge on any atom is -0.358 e. The molecule has 0 atom stereocenters. The largest absolute Gasteiger partial charge is 0.358 e. The minimum absolute atomic E-state index is 0.0204. The number of hydrogen-bond acceptors (Lipinski definition) is 4. The summed E-state index contributed by atoms with van der Waals surface area (Å²) in [6.07, 6.45) is 1.83. The number of pyridine rings is 1. The van der Waals surface area contributed by atoms with Gasteiger partial charge in [-0.25, -0.2) is 4.98 Å². The maximum absolute atomic E-state index is 11.3. The number of aromatic nitrogens is 1. The van der Waals surface area contributed by atoms with Crippen LogP contribution in [0.5, 0.6) is 0 Å². The van der Waals surface area contributed by atoms with Crippen LogP contribution in [0, 0.1) is 6.92 Å². The molecule has 1 heterocycles. The number of hydrogen-bond donors (Lipinski definition) is 2. The van der Waals surface area contributed by atoms with Crippen LogP contribution in [0.4, 0.5) is 5.82 Å². The van der Waals surface area contributed by atoms with Crippen molar-refractivity contribution in [3.8, 4) is 0 Å². The second-order valence-electron chi connectivity index (χ2n) is 4.04. The number of nitrogens with one attached hydrogen (secondary N) is 2. The van der Waals surface area contributed by atoms with Crippen molar-refractivity contribution < 1.29 is 4.79 Å². The van der Waals surface area contributed by atoms with Gasteiger partial charge in [0.25, 0.3) is 0 Å². The van der Waals surface area contributed by atoms with E-state index in [1.807, 2.05) is 32.1 Å². The van der Waals surface area contributed by atoms with Crippen LogP contribution in [0.2, 0.25) is 0 Å². The highest BCUT2D eigenvalue weighted by atomic mass is 16.1. The van der Waals surface area contributed by atoms with Crippen LogP contribution in [0.1, 0.15) is 11.1 Å². The molecule has 0 aliphatic carbocycles. The highest BCUT2D eigenvalue weighted by Crippen LogP contribution is 2.16. The van der Waals surface area contributed by atoms with E-state index >= 15 is 0 Å². The summed E-state index contributed by atoms with van der Waals surface area (Å²) in [4.78, 5) is 17.5. The normalized spacial score (nSPS) is 10.1. The molecule has 0 spiro atoms. The first-order valence-corrected chi connectivity index (χ1v) is 5.60. The van der Waals surface area contributed by atoms with Crippen molar-refractivity contribution >= 4 is 11.7 Å². The molecular formula is C12H20N4O. The van der Waals surface area contributed by atoms with Crippen molar-refractivity contribution in [3.63, 3.8) is 0 Å². The average molecular weight is 236 g/mol. The third-order valence-corrected chi connectivity index (χ3v) is 2.51. The predicted molar refractivity (Wildman–Crippen MR) is 69.1 cm³/mol. The Morgan fingerprint density at radius 2 is 2.18 bits per heavy atom. The maximum Gasteiger partial charge on any atom is 0.239 e. The third-order valence-electron chi connectivity index (χ3n) is 2.51. The summed E-state index contributed by atoms with van der Waals surface area (Å²) in [5, 5.41) is 5.68. The van der Waals surface area contributed by atoms with Crippen molar-refractivity contribution in [1.29, 1.82) is 0 Å². The lowest BCUT2D eigenvalue weighted by Crippen LogP contribution is -2.33. The van der Waals surface area contributed by atoms with Crippen LogP contribution < -0.4 is 15.5 Å². The van der Waals surface area contributed by atoms with Crippen LogP contribution in [0.25, 0.3) is 0 Å². The number of carbonyl (C=O) groups is 1.